The molecule has 220 valence electrons. The van der Waals surface area contributed by atoms with Crippen LogP contribution in [0, 0.1) is 11.3 Å². The molecule has 4 aromatic rings. The number of carbonyl (C=O) groups is 2. The summed E-state index contributed by atoms with van der Waals surface area (Å²) in [7, 11) is 1.85. The molecule has 0 spiro atoms. The summed E-state index contributed by atoms with van der Waals surface area (Å²) < 4.78 is 7.88. The zero-order chi connectivity index (χ0) is 29.9. The number of pyridine rings is 1. The number of aryl methyl sites for hydroxylation is 1. The molecule has 3 aromatic heterocycles. The highest BCUT2D eigenvalue weighted by atomic mass is 35.5. The molecular weight excluding hydrogens is 572 g/mol. The number of halogens is 1. The Bertz CT molecular complexity index is 1750. The first-order chi connectivity index (χ1) is 20.9. The van der Waals surface area contributed by atoms with E-state index in [-0.39, 0.29) is 35.6 Å². The van der Waals surface area contributed by atoms with E-state index in [1.165, 1.54) is 11.0 Å². The van der Waals surface area contributed by atoms with Crippen LogP contribution in [-0.4, -0.2) is 68.7 Å². The van der Waals surface area contributed by atoms with Gasteiger partial charge in [0.2, 0.25) is 12.1 Å². The lowest BCUT2D eigenvalue weighted by atomic mass is 10.1. The zero-order valence-electron chi connectivity index (χ0n) is 23.4. The molecule has 2 amide bonds. The van der Waals surface area contributed by atoms with Crippen LogP contribution in [0.4, 0.5) is 5.69 Å². The summed E-state index contributed by atoms with van der Waals surface area (Å²) in [5.41, 5.74) is 7.01. The fourth-order valence-electron chi connectivity index (χ4n) is 5.20. The Kier molecular flexibility index (Phi) is 7.84. The number of aromatic amines is 1. The van der Waals surface area contributed by atoms with Gasteiger partial charge in [-0.3, -0.25) is 24.6 Å². The first-order valence-electron chi connectivity index (χ1n) is 13.9. The van der Waals surface area contributed by atoms with E-state index in [1.54, 1.807) is 40.3 Å². The van der Waals surface area contributed by atoms with Crippen LogP contribution < -0.4 is 15.6 Å². The number of benzene rings is 1. The topological polar surface area (TPSA) is 157 Å². The molecule has 0 aliphatic carbocycles. The minimum atomic E-state index is -0.655. The van der Waals surface area contributed by atoms with Gasteiger partial charge >= 0.3 is 6.02 Å². The number of rotatable bonds is 7. The van der Waals surface area contributed by atoms with Crippen molar-refractivity contribution in [1.29, 1.82) is 5.26 Å². The number of likely N-dealkylation sites (tertiary alicyclic amines) is 1. The Hall–Kier alpha value is -5.09. The van der Waals surface area contributed by atoms with E-state index >= 15 is 0 Å². The summed E-state index contributed by atoms with van der Waals surface area (Å²) in [6.45, 7) is 1.25. The van der Waals surface area contributed by atoms with Gasteiger partial charge in [-0.05, 0) is 43.5 Å². The molecule has 0 bridgehead atoms. The van der Waals surface area contributed by atoms with Crippen LogP contribution >= 0.6 is 11.6 Å². The van der Waals surface area contributed by atoms with Crippen molar-refractivity contribution in [1.82, 2.24) is 35.4 Å². The fourth-order valence-corrected chi connectivity index (χ4v) is 5.49. The third kappa shape index (κ3) is 5.82. The molecule has 1 saturated heterocycles. The number of amidine groups is 1. The summed E-state index contributed by atoms with van der Waals surface area (Å²) in [5.74, 6) is -0.519. The van der Waals surface area contributed by atoms with Crippen molar-refractivity contribution < 1.29 is 14.3 Å². The van der Waals surface area contributed by atoms with Gasteiger partial charge in [-0.25, -0.2) is 4.98 Å². The predicted octanol–water partition coefficient (Wildman–Crippen LogP) is 3.28. The van der Waals surface area contributed by atoms with Crippen LogP contribution in [0.25, 0.3) is 22.2 Å². The number of H-pyrrole nitrogens is 1. The van der Waals surface area contributed by atoms with Crippen LogP contribution in [0.5, 0.6) is 0 Å². The molecule has 14 heteroatoms. The highest BCUT2D eigenvalue weighted by Crippen LogP contribution is 2.33. The van der Waals surface area contributed by atoms with Crippen LogP contribution in [0.15, 0.2) is 54.2 Å². The van der Waals surface area contributed by atoms with E-state index in [9.17, 15) is 14.9 Å². The van der Waals surface area contributed by atoms with Gasteiger partial charge in [-0.2, -0.15) is 10.4 Å². The van der Waals surface area contributed by atoms with E-state index < -0.39 is 12.1 Å². The molecule has 2 aliphatic rings. The molecule has 3 N–H and O–H groups in total. The summed E-state index contributed by atoms with van der Waals surface area (Å²) in [5, 5.41) is 21.9. The normalized spacial score (nSPS) is 16.3. The summed E-state index contributed by atoms with van der Waals surface area (Å²) in [6.07, 6.45) is 9.68. The lowest BCUT2D eigenvalue weighted by Gasteiger charge is -2.26. The summed E-state index contributed by atoms with van der Waals surface area (Å²) in [4.78, 5) is 36.2. The quantitative estimate of drug-likeness (QED) is 0.273. The fraction of sp³-hybridized carbons (Fsp3) is 0.310. The van der Waals surface area contributed by atoms with Gasteiger partial charge in [0.15, 0.2) is 0 Å². The molecule has 43 heavy (non-hydrogen) atoms. The van der Waals surface area contributed by atoms with Gasteiger partial charge in [0.05, 0.1) is 29.5 Å². The molecule has 13 nitrogen and oxygen atoms in total. The average molecular weight is 601 g/mol. The third-order valence-corrected chi connectivity index (χ3v) is 7.76. The van der Waals surface area contributed by atoms with Crippen LogP contribution in [0.2, 0.25) is 5.02 Å². The maximum Gasteiger partial charge on any atom is 0.317 e. The Morgan fingerprint density at radius 1 is 1.21 bits per heavy atom. The molecule has 1 fully saturated rings. The molecule has 1 atom stereocenters. The maximum atomic E-state index is 12.8. The lowest BCUT2D eigenvalue weighted by molar-refractivity contribution is -0.130. The van der Waals surface area contributed by atoms with Crippen molar-refractivity contribution in [2.75, 3.05) is 31.1 Å². The molecule has 0 saturated carbocycles. The standard InChI is InChI=1S/C29H29ClN10O3/c1-38-17-20(14-35-38)19-11-21-22(15-33-26(21)32-13-19)28-36-37-29(43-28)40(10-7-31)24-6-5-18(12-23(24)30)27(42)34-16-25(41)39-8-3-2-4-9-39/h5-6,11-15,17,28,36H,2-4,8-10,16H2,1H3,(H,32,33)(H,34,42). The average Bonchev–Trinajstić information content (AvgIpc) is 3.78. The van der Waals surface area contributed by atoms with Gasteiger partial charge in [0.1, 0.15) is 12.2 Å². The summed E-state index contributed by atoms with van der Waals surface area (Å²) in [6, 6.07) is 8.95. The van der Waals surface area contributed by atoms with Crippen molar-refractivity contribution in [2.45, 2.75) is 25.5 Å². The Morgan fingerprint density at radius 3 is 2.79 bits per heavy atom. The van der Waals surface area contributed by atoms with E-state index in [1.807, 2.05) is 19.3 Å². The van der Waals surface area contributed by atoms with Crippen molar-refractivity contribution in [3.05, 3.63) is 65.2 Å². The van der Waals surface area contributed by atoms with Gasteiger partial charge in [-0.1, -0.05) is 11.6 Å². The molecule has 0 radical (unpaired) electrons. The number of amides is 2. The molecule has 2 aliphatic heterocycles. The second-order valence-corrected chi connectivity index (χ2v) is 10.7. The van der Waals surface area contributed by atoms with E-state index in [4.69, 9.17) is 16.3 Å². The third-order valence-electron chi connectivity index (χ3n) is 7.45. The number of nitriles is 1. The molecule has 1 aromatic carbocycles. The number of nitrogens with one attached hydrogen (secondary N) is 3. The number of hydrogen-bond acceptors (Lipinski definition) is 9. The smallest absolute Gasteiger partial charge is 0.317 e. The molecule has 1 unspecified atom stereocenters. The number of aromatic nitrogens is 4. The van der Waals surface area contributed by atoms with Crippen molar-refractivity contribution in [2.24, 2.45) is 12.1 Å². The van der Waals surface area contributed by atoms with E-state index in [2.05, 4.69) is 37.0 Å². The maximum absolute atomic E-state index is 12.8. The predicted molar refractivity (Wildman–Crippen MR) is 160 cm³/mol. The highest BCUT2D eigenvalue weighted by Gasteiger charge is 2.30. The van der Waals surface area contributed by atoms with Crippen molar-refractivity contribution in [3.63, 3.8) is 0 Å². The number of anilines is 1. The highest BCUT2D eigenvalue weighted by molar-refractivity contribution is 6.34. The number of fused-ring (bicyclic) bond motifs is 1. The first kappa shape index (κ1) is 28.0. The number of hydrogen-bond donors (Lipinski definition) is 3. The Morgan fingerprint density at radius 2 is 2.05 bits per heavy atom. The minimum absolute atomic E-state index is 0.0798. The number of nitrogens with zero attached hydrogens (tertiary/aromatic N) is 7. The largest absolute Gasteiger partial charge is 0.434 e. The van der Waals surface area contributed by atoms with E-state index in [0.717, 1.165) is 54.4 Å². The summed E-state index contributed by atoms with van der Waals surface area (Å²) >= 11 is 6.60. The molecule has 6 rings (SSSR count). The first-order valence-corrected chi connectivity index (χ1v) is 14.2. The molecular formula is C29H29ClN10O3. The van der Waals surface area contributed by atoms with Crippen molar-refractivity contribution >= 4 is 46.2 Å². The second kappa shape index (κ2) is 12.0. The van der Waals surface area contributed by atoms with Gasteiger partial charge in [0.25, 0.3) is 5.91 Å². The van der Waals surface area contributed by atoms with Crippen LogP contribution in [0.1, 0.15) is 41.4 Å². The van der Waals surface area contributed by atoms with E-state index in [0.29, 0.717) is 11.3 Å². The molecule has 5 heterocycles. The van der Waals surface area contributed by atoms with Crippen LogP contribution in [0.3, 0.4) is 0 Å². The minimum Gasteiger partial charge on any atom is -0.434 e. The SMILES string of the molecule is Cn1cc(-c2cnc3[nH]cc(C4NN=C(N(CC#N)c5ccc(C(=O)NCC(=O)N6CCCCC6)cc5Cl)O4)c3c2)cn1. The van der Waals surface area contributed by atoms with Crippen LogP contribution in [-0.2, 0) is 16.6 Å². The Labute approximate surface area is 252 Å². The monoisotopic (exact) mass is 600 g/mol. The number of hydrazone groups is 1. The zero-order valence-corrected chi connectivity index (χ0v) is 24.1. The second-order valence-electron chi connectivity index (χ2n) is 10.3. The lowest BCUT2D eigenvalue weighted by Crippen LogP contribution is -2.42. The van der Waals surface area contributed by atoms with Crippen molar-refractivity contribution in [3.8, 4) is 17.2 Å². The van der Waals surface area contributed by atoms with Gasteiger partial charge in [-0.15, -0.1) is 5.10 Å². The number of ether oxygens (including phenoxy) is 1. The number of carbonyl (C=O) groups excluding carboxylic acids is 2. The van der Waals surface area contributed by atoms with Gasteiger partial charge in [0, 0.05) is 66.4 Å². The Balaban J connectivity index is 1.15. The van der Waals surface area contributed by atoms with Gasteiger partial charge < -0.3 is 19.9 Å². The number of piperidine rings is 1.